The maximum atomic E-state index is 13.2. The Labute approximate surface area is 187 Å². The number of nitrogens with zero attached hydrogens (tertiary/aromatic N) is 2. The zero-order valence-corrected chi connectivity index (χ0v) is 20.0. The summed E-state index contributed by atoms with van der Waals surface area (Å²) in [5.74, 6) is 2.01. The maximum absolute atomic E-state index is 13.2. The van der Waals surface area contributed by atoms with Gasteiger partial charge in [-0.25, -0.2) is 12.8 Å². The number of allylic oxidation sites excluding steroid dienone is 3. The molecule has 2 rings (SSSR count). The average molecular weight is 445 g/mol. The summed E-state index contributed by atoms with van der Waals surface area (Å²) >= 11 is 0. The van der Waals surface area contributed by atoms with Crippen molar-refractivity contribution in [3.63, 3.8) is 0 Å². The highest BCUT2D eigenvalue weighted by Crippen LogP contribution is 2.29. The molecule has 0 saturated heterocycles. The van der Waals surface area contributed by atoms with Gasteiger partial charge in [-0.05, 0) is 69.5 Å². The van der Waals surface area contributed by atoms with E-state index in [0.29, 0.717) is 6.04 Å². The highest BCUT2D eigenvalue weighted by molar-refractivity contribution is 7.91. The summed E-state index contributed by atoms with van der Waals surface area (Å²) in [5, 5.41) is 0. The van der Waals surface area contributed by atoms with Crippen molar-refractivity contribution in [3.05, 3.63) is 64.8 Å². The number of terminal acetylenes is 1. The molecular weight excluding hydrogens is 411 g/mol. The number of sulfone groups is 1. The fourth-order valence-corrected chi connectivity index (χ4v) is 4.96. The van der Waals surface area contributed by atoms with E-state index in [2.05, 4.69) is 29.6 Å². The molecule has 0 bridgehead atoms. The van der Waals surface area contributed by atoms with Gasteiger partial charge in [-0.2, -0.15) is 0 Å². The van der Waals surface area contributed by atoms with E-state index in [1.54, 1.807) is 12.2 Å². The Morgan fingerprint density at radius 2 is 1.84 bits per heavy atom. The zero-order valence-electron chi connectivity index (χ0n) is 19.2. The van der Waals surface area contributed by atoms with Gasteiger partial charge in [0.05, 0.1) is 10.6 Å². The molecule has 0 radical (unpaired) electrons. The highest BCUT2D eigenvalue weighted by Gasteiger charge is 2.22. The van der Waals surface area contributed by atoms with E-state index in [1.807, 2.05) is 20.9 Å². The summed E-state index contributed by atoms with van der Waals surface area (Å²) in [6.07, 6.45) is 10.7. The van der Waals surface area contributed by atoms with Crippen LogP contribution in [0.3, 0.4) is 0 Å². The largest absolute Gasteiger partial charge is 0.351 e. The fraction of sp³-hybridized carbons (Fsp3) is 0.440. The molecule has 0 atom stereocenters. The lowest BCUT2D eigenvalue weighted by Gasteiger charge is -2.27. The van der Waals surface area contributed by atoms with Crippen molar-refractivity contribution in [1.82, 2.24) is 9.80 Å². The van der Waals surface area contributed by atoms with Crippen LogP contribution >= 0.6 is 0 Å². The first-order valence-corrected chi connectivity index (χ1v) is 12.2. The van der Waals surface area contributed by atoms with Crippen molar-refractivity contribution in [3.8, 4) is 12.3 Å². The molecule has 31 heavy (non-hydrogen) atoms. The van der Waals surface area contributed by atoms with Crippen molar-refractivity contribution >= 4 is 9.84 Å². The molecule has 0 unspecified atom stereocenters. The number of rotatable bonds is 7. The van der Waals surface area contributed by atoms with E-state index in [4.69, 9.17) is 6.42 Å². The van der Waals surface area contributed by atoms with E-state index in [-0.39, 0.29) is 10.6 Å². The van der Waals surface area contributed by atoms with Gasteiger partial charge in [0.2, 0.25) is 0 Å². The first-order valence-electron chi connectivity index (χ1n) is 10.5. The summed E-state index contributed by atoms with van der Waals surface area (Å²) in [6.45, 7) is 10.2. The molecule has 0 fully saturated rings. The Morgan fingerprint density at radius 3 is 2.42 bits per heavy atom. The summed E-state index contributed by atoms with van der Waals surface area (Å²) in [6, 6.07) is 5.41. The van der Waals surface area contributed by atoms with Gasteiger partial charge in [-0.3, -0.25) is 0 Å². The second-order valence-corrected chi connectivity index (χ2v) is 10.2. The van der Waals surface area contributed by atoms with Gasteiger partial charge in [0, 0.05) is 50.1 Å². The quantitative estimate of drug-likeness (QED) is 0.449. The number of halogens is 1. The van der Waals surface area contributed by atoms with E-state index in [0.717, 1.165) is 42.8 Å². The molecular formula is C25H33FN2O2S. The minimum absolute atomic E-state index is 0.127. The molecule has 4 nitrogen and oxygen atoms in total. The molecule has 1 aromatic carbocycles. The Hall–Kier alpha value is -2.36. The van der Waals surface area contributed by atoms with Crippen molar-refractivity contribution in [1.29, 1.82) is 0 Å². The lowest BCUT2D eigenvalue weighted by atomic mass is 10.00. The zero-order chi connectivity index (χ0) is 23.2. The lowest BCUT2D eigenvalue weighted by Crippen LogP contribution is -2.32. The molecule has 168 valence electrons. The minimum atomic E-state index is -3.53. The summed E-state index contributed by atoms with van der Waals surface area (Å²) in [4.78, 5) is 4.68. The smallest absolute Gasteiger partial charge is 0.181 e. The summed E-state index contributed by atoms with van der Waals surface area (Å²) in [5.41, 5.74) is 4.25. The molecule has 1 heterocycles. The predicted molar refractivity (Wildman–Crippen MR) is 126 cm³/mol. The topological polar surface area (TPSA) is 40.6 Å². The van der Waals surface area contributed by atoms with Crippen molar-refractivity contribution in [2.75, 3.05) is 25.9 Å². The first kappa shape index (κ1) is 24.9. The molecule has 0 amide bonds. The molecule has 0 aromatic heterocycles. The molecule has 6 heteroatoms. The third-order valence-electron chi connectivity index (χ3n) is 5.85. The fourth-order valence-electron chi connectivity index (χ4n) is 3.75. The predicted octanol–water partition coefficient (Wildman–Crippen LogP) is 4.77. The van der Waals surface area contributed by atoms with Gasteiger partial charge in [-0.1, -0.05) is 12.0 Å². The number of benzene rings is 1. The van der Waals surface area contributed by atoms with E-state index >= 15 is 0 Å². The van der Waals surface area contributed by atoms with Crippen molar-refractivity contribution < 1.29 is 12.8 Å². The van der Waals surface area contributed by atoms with Gasteiger partial charge in [0.25, 0.3) is 0 Å². The van der Waals surface area contributed by atoms with Crippen LogP contribution in [-0.2, 0) is 9.84 Å². The Bertz CT molecular complexity index is 1010. The molecule has 0 spiro atoms. The SMILES string of the molecule is C#C/C=C(\C)N(C)C1=C(/C(C)=C/CS(=O)(=O)c2ccc(F)cc2)CCN(C(C)C)CC1. The molecule has 0 aliphatic carbocycles. The lowest BCUT2D eigenvalue weighted by molar-refractivity contribution is 0.230. The molecule has 1 aliphatic rings. The van der Waals surface area contributed by atoms with Gasteiger partial charge < -0.3 is 9.80 Å². The summed E-state index contributed by atoms with van der Waals surface area (Å²) in [7, 11) is -1.53. The van der Waals surface area contributed by atoms with Crippen molar-refractivity contribution in [2.45, 2.75) is 51.5 Å². The van der Waals surface area contributed by atoms with Crippen LogP contribution in [0.1, 0.15) is 40.5 Å². The number of hydrogen-bond acceptors (Lipinski definition) is 4. The Morgan fingerprint density at radius 1 is 1.23 bits per heavy atom. The highest BCUT2D eigenvalue weighted by atomic mass is 32.2. The van der Waals surface area contributed by atoms with E-state index in [9.17, 15) is 12.8 Å². The second-order valence-electron chi connectivity index (χ2n) is 8.19. The van der Waals surface area contributed by atoms with E-state index < -0.39 is 15.7 Å². The van der Waals surface area contributed by atoms with Crippen LogP contribution in [0, 0.1) is 18.2 Å². The third-order valence-corrected chi connectivity index (χ3v) is 7.44. The molecule has 0 saturated carbocycles. The van der Waals surface area contributed by atoms with Crippen molar-refractivity contribution in [2.24, 2.45) is 0 Å². The third kappa shape index (κ3) is 6.56. The van der Waals surface area contributed by atoms with Crippen LogP contribution in [0.4, 0.5) is 4.39 Å². The Balaban J connectivity index is 2.38. The molecule has 1 aromatic rings. The minimum Gasteiger partial charge on any atom is -0.351 e. The van der Waals surface area contributed by atoms with Crippen LogP contribution in [0.15, 0.2) is 63.9 Å². The second kappa shape index (κ2) is 10.8. The number of hydrogen-bond donors (Lipinski definition) is 0. The average Bonchev–Trinajstić information content (AvgIpc) is 2.95. The van der Waals surface area contributed by atoms with E-state index in [1.165, 1.54) is 30.0 Å². The molecule has 0 N–H and O–H groups in total. The van der Waals surface area contributed by atoms with Gasteiger partial charge in [0.15, 0.2) is 9.84 Å². The van der Waals surface area contributed by atoms with Crippen LogP contribution in [0.25, 0.3) is 0 Å². The maximum Gasteiger partial charge on any atom is 0.181 e. The van der Waals surface area contributed by atoms with Gasteiger partial charge in [0.1, 0.15) is 5.82 Å². The standard InChI is InChI=1S/C25H33FN2O2S/c1-7-8-21(5)27(6)25-14-17-28(19(2)3)16-13-24(25)20(4)15-18-31(29,30)23-11-9-22(26)10-12-23/h1,8-12,15,19H,13-14,16-18H2,2-6H3/b20-15+,21-8+. The van der Waals surface area contributed by atoms with Gasteiger partial charge in [-0.15, -0.1) is 6.42 Å². The van der Waals surface area contributed by atoms with Crippen LogP contribution in [0.2, 0.25) is 0 Å². The monoisotopic (exact) mass is 444 g/mol. The Kier molecular flexibility index (Phi) is 8.67. The van der Waals surface area contributed by atoms with Crippen LogP contribution < -0.4 is 0 Å². The van der Waals surface area contributed by atoms with Crippen LogP contribution in [-0.4, -0.2) is 50.1 Å². The molecule has 1 aliphatic heterocycles. The normalized spacial score (nSPS) is 17.0. The summed E-state index contributed by atoms with van der Waals surface area (Å²) < 4.78 is 38.6. The first-order chi connectivity index (χ1) is 14.6. The van der Waals surface area contributed by atoms with Crippen LogP contribution in [0.5, 0.6) is 0 Å². The van der Waals surface area contributed by atoms with Gasteiger partial charge >= 0.3 is 0 Å².